The lowest BCUT2D eigenvalue weighted by Gasteiger charge is -2.03. The van der Waals surface area contributed by atoms with E-state index in [1.54, 1.807) is 0 Å². The molecule has 2 N–H and O–H groups in total. The van der Waals surface area contributed by atoms with E-state index >= 15 is 0 Å². The standard InChI is InChI=1S/C10H15NO3/c1-3-5-13-7-8-14-6-4-9(2)10(11)12/h1H,2,4-8H2,(H2,11,12). The number of hydrogen-bond acceptors (Lipinski definition) is 3. The van der Waals surface area contributed by atoms with Crippen LogP contribution in [0.25, 0.3) is 0 Å². The molecule has 0 rings (SSSR count). The molecule has 0 radical (unpaired) electrons. The Kier molecular flexibility index (Phi) is 7.52. The monoisotopic (exact) mass is 197 g/mol. The third kappa shape index (κ3) is 7.35. The molecule has 0 aromatic rings. The van der Waals surface area contributed by atoms with Gasteiger partial charge in [-0.05, 0) is 0 Å². The fourth-order valence-corrected chi connectivity index (χ4v) is 0.670. The topological polar surface area (TPSA) is 61.6 Å². The van der Waals surface area contributed by atoms with Crippen molar-refractivity contribution in [1.82, 2.24) is 0 Å². The van der Waals surface area contributed by atoms with Crippen LogP contribution in [0.1, 0.15) is 6.42 Å². The van der Waals surface area contributed by atoms with Crippen molar-refractivity contribution in [2.24, 2.45) is 5.73 Å². The van der Waals surface area contributed by atoms with Gasteiger partial charge in [-0.25, -0.2) is 0 Å². The van der Waals surface area contributed by atoms with E-state index in [-0.39, 0.29) is 6.61 Å². The van der Waals surface area contributed by atoms with Crippen LogP contribution in [0.4, 0.5) is 0 Å². The highest BCUT2D eigenvalue weighted by molar-refractivity contribution is 5.91. The highest BCUT2D eigenvalue weighted by Crippen LogP contribution is 1.96. The van der Waals surface area contributed by atoms with Crippen molar-refractivity contribution in [3.63, 3.8) is 0 Å². The Labute approximate surface area is 84.1 Å². The highest BCUT2D eigenvalue weighted by Gasteiger charge is 2.00. The summed E-state index contributed by atoms with van der Waals surface area (Å²) in [5.74, 6) is 1.85. The van der Waals surface area contributed by atoms with Gasteiger partial charge in [-0.3, -0.25) is 4.79 Å². The number of hydrogen-bond donors (Lipinski definition) is 1. The second-order valence-corrected chi connectivity index (χ2v) is 2.59. The maximum Gasteiger partial charge on any atom is 0.244 e. The minimum Gasteiger partial charge on any atom is -0.379 e. The Balaban J connectivity index is 3.18. The normalized spacial score (nSPS) is 9.36. The van der Waals surface area contributed by atoms with Gasteiger partial charge in [0, 0.05) is 12.0 Å². The molecular formula is C10H15NO3. The lowest BCUT2D eigenvalue weighted by molar-refractivity contribution is -0.114. The van der Waals surface area contributed by atoms with E-state index in [1.165, 1.54) is 0 Å². The molecule has 0 aliphatic rings. The van der Waals surface area contributed by atoms with Crippen molar-refractivity contribution in [1.29, 1.82) is 0 Å². The molecule has 0 heterocycles. The molecule has 0 atom stereocenters. The van der Waals surface area contributed by atoms with Crippen molar-refractivity contribution < 1.29 is 14.3 Å². The van der Waals surface area contributed by atoms with Gasteiger partial charge < -0.3 is 15.2 Å². The number of carbonyl (C=O) groups excluding carboxylic acids is 1. The van der Waals surface area contributed by atoms with Crippen LogP contribution in [0.2, 0.25) is 0 Å². The van der Waals surface area contributed by atoms with Gasteiger partial charge in [-0.15, -0.1) is 6.42 Å². The smallest absolute Gasteiger partial charge is 0.244 e. The molecule has 4 nitrogen and oxygen atoms in total. The summed E-state index contributed by atoms with van der Waals surface area (Å²) in [5.41, 5.74) is 5.35. The van der Waals surface area contributed by atoms with Crippen LogP contribution in [0.15, 0.2) is 12.2 Å². The highest BCUT2D eigenvalue weighted by atomic mass is 16.5. The Morgan fingerprint density at radius 1 is 1.36 bits per heavy atom. The van der Waals surface area contributed by atoms with Crippen LogP contribution in [0.5, 0.6) is 0 Å². The van der Waals surface area contributed by atoms with Crippen LogP contribution >= 0.6 is 0 Å². The van der Waals surface area contributed by atoms with Gasteiger partial charge in [0.1, 0.15) is 6.61 Å². The van der Waals surface area contributed by atoms with Crippen molar-refractivity contribution in [2.45, 2.75) is 6.42 Å². The van der Waals surface area contributed by atoms with Crippen molar-refractivity contribution in [3.05, 3.63) is 12.2 Å². The van der Waals surface area contributed by atoms with Gasteiger partial charge in [-0.2, -0.15) is 0 Å². The average Bonchev–Trinajstić information content (AvgIpc) is 2.16. The Morgan fingerprint density at radius 3 is 2.57 bits per heavy atom. The minimum absolute atomic E-state index is 0.289. The second-order valence-electron chi connectivity index (χ2n) is 2.59. The summed E-state index contributed by atoms with van der Waals surface area (Å²) in [7, 11) is 0. The third-order valence-electron chi connectivity index (χ3n) is 1.45. The number of carbonyl (C=O) groups is 1. The number of amides is 1. The van der Waals surface area contributed by atoms with E-state index < -0.39 is 5.91 Å². The molecule has 14 heavy (non-hydrogen) atoms. The predicted octanol–water partition coefficient (Wildman–Crippen LogP) is 0.0844. The molecule has 0 saturated heterocycles. The molecule has 0 fully saturated rings. The molecule has 0 aliphatic heterocycles. The van der Waals surface area contributed by atoms with Crippen LogP contribution in [0, 0.1) is 12.3 Å². The van der Waals surface area contributed by atoms with E-state index in [0.29, 0.717) is 31.8 Å². The molecule has 0 aromatic heterocycles. The van der Waals surface area contributed by atoms with Crippen LogP contribution in [-0.2, 0) is 14.3 Å². The first-order valence-corrected chi connectivity index (χ1v) is 4.25. The van der Waals surface area contributed by atoms with Gasteiger partial charge in [0.15, 0.2) is 0 Å². The Hall–Kier alpha value is -1.31. The lowest BCUT2D eigenvalue weighted by Crippen LogP contribution is -2.15. The van der Waals surface area contributed by atoms with E-state index in [0.717, 1.165) is 0 Å². The van der Waals surface area contributed by atoms with Gasteiger partial charge in [-0.1, -0.05) is 12.5 Å². The first-order chi connectivity index (χ1) is 6.68. The molecule has 4 heteroatoms. The van der Waals surface area contributed by atoms with E-state index in [2.05, 4.69) is 12.5 Å². The summed E-state index contributed by atoms with van der Waals surface area (Å²) in [4.78, 5) is 10.5. The number of ether oxygens (including phenoxy) is 2. The van der Waals surface area contributed by atoms with Crippen LogP contribution in [0.3, 0.4) is 0 Å². The summed E-state index contributed by atoms with van der Waals surface area (Å²) >= 11 is 0. The van der Waals surface area contributed by atoms with E-state index in [4.69, 9.17) is 21.6 Å². The summed E-state index contributed by atoms with van der Waals surface area (Å²) in [5, 5.41) is 0. The molecule has 0 bridgehead atoms. The minimum atomic E-state index is -0.489. The second kappa shape index (κ2) is 8.30. The van der Waals surface area contributed by atoms with Crippen molar-refractivity contribution >= 4 is 5.91 Å². The fraction of sp³-hybridized carbons (Fsp3) is 0.500. The maximum absolute atomic E-state index is 10.5. The third-order valence-corrected chi connectivity index (χ3v) is 1.45. The molecule has 0 saturated carbocycles. The molecule has 0 spiro atoms. The molecule has 0 aromatic carbocycles. The van der Waals surface area contributed by atoms with Crippen molar-refractivity contribution in [2.75, 3.05) is 26.4 Å². The molecule has 1 amide bonds. The van der Waals surface area contributed by atoms with E-state index in [1.807, 2.05) is 0 Å². The van der Waals surface area contributed by atoms with Crippen molar-refractivity contribution in [3.8, 4) is 12.3 Å². The molecular weight excluding hydrogens is 182 g/mol. The van der Waals surface area contributed by atoms with Gasteiger partial charge in [0.05, 0.1) is 19.8 Å². The molecule has 78 valence electrons. The van der Waals surface area contributed by atoms with Gasteiger partial charge in [0.2, 0.25) is 5.91 Å². The summed E-state index contributed by atoms with van der Waals surface area (Å²) in [6, 6.07) is 0. The quantitative estimate of drug-likeness (QED) is 0.340. The Bertz CT molecular complexity index is 230. The first kappa shape index (κ1) is 12.7. The van der Waals surface area contributed by atoms with Gasteiger partial charge in [0.25, 0.3) is 0 Å². The van der Waals surface area contributed by atoms with Gasteiger partial charge >= 0.3 is 0 Å². The summed E-state index contributed by atoms with van der Waals surface area (Å²) in [6.07, 6.45) is 5.41. The van der Waals surface area contributed by atoms with Crippen LogP contribution in [-0.4, -0.2) is 32.3 Å². The van der Waals surface area contributed by atoms with Crippen LogP contribution < -0.4 is 5.73 Å². The zero-order chi connectivity index (χ0) is 10.8. The predicted molar refractivity (Wildman–Crippen MR) is 53.4 cm³/mol. The molecule has 0 unspecified atom stereocenters. The zero-order valence-electron chi connectivity index (χ0n) is 8.12. The largest absolute Gasteiger partial charge is 0.379 e. The Morgan fingerprint density at radius 2 is 2.00 bits per heavy atom. The zero-order valence-corrected chi connectivity index (χ0v) is 8.12. The van der Waals surface area contributed by atoms with E-state index in [9.17, 15) is 4.79 Å². The number of terminal acetylenes is 1. The maximum atomic E-state index is 10.5. The SMILES string of the molecule is C#CCOCCOCCC(=C)C(N)=O. The first-order valence-electron chi connectivity index (χ1n) is 4.25. The number of primary amides is 1. The summed E-state index contributed by atoms with van der Waals surface area (Å²) < 4.78 is 10.1. The molecule has 0 aliphatic carbocycles. The lowest BCUT2D eigenvalue weighted by atomic mass is 10.2. The summed E-state index contributed by atoms with van der Waals surface area (Å²) in [6.45, 7) is 5.10. The average molecular weight is 197 g/mol. The number of nitrogens with two attached hydrogens (primary N) is 1. The number of rotatable bonds is 8. The fourth-order valence-electron chi connectivity index (χ4n) is 0.670.